The second-order valence-electron chi connectivity index (χ2n) is 6.44. The number of hydrogen-bond acceptors (Lipinski definition) is 5. The molecule has 1 aliphatic rings. The van der Waals surface area contributed by atoms with Gasteiger partial charge >= 0.3 is 11.9 Å². The van der Waals surface area contributed by atoms with Gasteiger partial charge in [-0.25, -0.2) is 0 Å². The molecule has 1 fully saturated rings. The molecule has 0 aliphatic carbocycles. The van der Waals surface area contributed by atoms with Gasteiger partial charge in [0.25, 0.3) is 0 Å². The molecule has 1 saturated heterocycles. The number of aliphatic carboxylic acids is 1. The van der Waals surface area contributed by atoms with Gasteiger partial charge in [0.1, 0.15) is 12.1 Å². The zero-order valence-electron chi connectivity index (χ0n) is 13.0. The molecule has 1 amide bonds. The van der Waals surface area contributed by atoms with Crippen molar-refractivity contribution in [1.82, 2.24) is 4.90 Å². The molecule has 1 aliphatic heterocycles. The molecule has 1 rings (SSSR count). The van der Waals surface area contributed by atoms with Crippen molar-refractivity contribution in [2.75, 3.05) is 6.54 Å². The number of aliphatic hydroxyl groups is 1. The molecule has 0 bridgehead atoms. The second-order valence-corrected chi connectivity index (χ2v) is 6.44. The molecule has 0 unspecified atom stereocenters. The van der Waals surface area contributed by atoms with Crippen molar-refractivity contribution in [3.8, 4) is 0 Å². The van der Waals surface area contributed by atoms with Gasteiger partial charge in [0, 0.05) is 0 Å². The number of carbonyl (C=O) groups excluding carboxylic acids is 2. The highest BCUT2D eigenvalue weighted by atomic mass is 16.6. The summed E-state index contributed by atoms with van der Waals surface area (Å²) < 4.78 is 5.13. The summed E-state index contributed by atoms with van der Waals surface area (Å²) in [5.41, 5.74) is -0.678. The Morgan fingerprint density at radius 3 is 2.24 bits per heavy atom. The summed E-state index contributed by atoms with van der Waals surface area (Å²) in [6.07, 6.45) is -0.959. The minimum absolute atomic E-state index is 0.304. The van der Waals surface area contributed by atoms with Crippen LogP contribution in [0.25, 0.3) is 0 Å². The minimum Gasteiger partial charge on any atom is -0.481 e. The van der Waals surface area contributed by atoms with Gasteiger partial charge in [-0.2, -0.15) is 0 Å². The molecular formula is C14H23NO6. The van der Waals surface area contributed by atoms with Gasteiger partial charge in [-0.15, -0.1) is 0 Å². The summed E-state index contributed by atoms with van der Waals surface area (Å²) in [4.78, 5) is 36.1. The number of ether oxygens (including phenoxy) is 1. The third-order valence-corrected chi connectivity index (χ3v) is 3.44. The van der Waals surface area contributed by atoms with Crippen molar-refractivity contribution >= 4 is 17.8 Å². The zero-order chi connectivity index (χ0) is 16.5. The zero-order valence-corrected chi connectivity index (χ0v) is 13.0. The number of rotatable bonds is 5. The fourth-order valence-electron chi connectivity index (χ4n) is 2.51. The van der Waals surface area contributed by atoms with E-state index in [1.165, 1.54) is 18.7 Å². The van der Waals surface area contributed by atoms with Crippen LogP contribution >= 0.6 is 0 Å². The van der Waals surface area contributed by atoms with Crippen molar-refractivity contribution in [3.05, 3.63) is 0 Å². The summed E-state index contributed by atoms with van der Waals surface area (Å²) in [6, 6.07) is -0.706. The molecule has 4 atom stereocenters. The van der Waals surface area contributed by atoms with Crippen molar-refractivity contribution in [1.29, 1.82) is 0 Å². The lowest BCUT2D eigenvalue weighted by Crippen LogP contribution is -2.68. The van der Waals surface area contributed by atoms with Crippen molar-refractivity contribution in [2.45, 2.75) is 52.4 Å². The van der Waals surface area contributed by atoms with E-state index in [9.17, 15) is 19.5 Å². The van der Waals surface area contributed by atoms with E-state index < -0.39 is 47.4 Å². The highest BCUT2D eigenvalue weighted by Crippen LogP contribution is 2.34. The minimum atomic E-state index is -1.08. The Morgan fingerprint density at radius 2 is 1.86 bits per heavy atom. The first-order chi connectivity index (χ1) is 9.45. The molecule has 0 aromatic heterocycles. The molecule has 7 heteroatoms. The molecule has 7 nitrogen and oxygen atoms in total. The fourth-order valence-corrected chi connectivity index (χ4v) is 2.51. The Morgan fingerprint density at radius 1 is 1.33 bits per heavy atom. The lowest BCUT2D eigenvalue weighted by molar-refractivity contribution is -0.181. The Hall–Kier alpha value is -1.63. The number of β-lactam (4-membered cyclic amide) rings is 1. The standard InChI is InChI=1S/C14H23NO6/c1-7(13(19)20)11-10(8(2)16)12(18)15(11)6-9(17)21-14(3,4)5/h7-8,10-11,16H,6H2,1-5H3,(H,19,20)/t7-,8-,10-,11-/m1/s1. The van der Waals surface area contributed by atoms with Crippen molar-refractivity contribution in [3.63, 3.8) is 0 Å². The highest BCUT2D eigenvalue weighted by molar-refractivity contribution is 5.91. The van der Waals surface area contributed by atoms with Crippen LogP contribution in [-0.4, -0.2) is 57.3 Å². The molecule has 0 aromatic rings. The smallest absolute Gasteiger partial charge is 0.326 e. The Labute approximate surface area is 123 Å². The van der Waals surface area contributed by atoms with Gasteiger partial charge in [-0.05, 0) is 34.6 Å². The predicted octanol–water partition coefficient (Wildman–Crippen LogP) is 0.257. The Kier molecular flexibility index (Phi) is 4.99. The van der Waals surface area contributed by atoms with Gasteiger partial charge in [0.15, 0.2) is 0 Å². The highest BCUT2D eigenvalue weighted by Gasteiger charge is 2.54. The maximum absolute atomic E-state index is 12.0. The van der Waals surface area contributed by atoms with E-state index in [1.807, 2.05) is 0 Å². The number of carboxylic acid groups (broad SMARTS) is 1. The Balaban J connectivity index is 2.83. The van der Waals surface area contributed by atoms with Crippen LogP contribution in [0.2, 0.25) is 0 Å². The summed E-state index contributed by atoms with van der Waals surface area (Å²) in [7, 11) is 0. The SMILES string of the molecule is C[C@@H](O)[C@H]1C(=O)N(CC(=O)OC(C)(C)C)[C@@H]1[C@@H](C)C(=O)O. The molecule has 2 N–H and O–H groups in total. The average molecular weight is 301 g/mol. The van der Waals surface area contributed by atoms with Crippen LogP contribution in [0, 0.1) is 11.8 Å². The first kappa shape index (κ1) is 17.4. The quantitative estimate of drug-likeness (QED) is 0.557. The van der Waals surface area contributed by atoms with Crippen LogP contribution in [0.1, 0.15) is 34.6 Å². The van der Waals surface area contributed by atoms with Crippen LogP contribution < -0.4 is 0 Å². The summed E-state index contributed by atoms with van der Waals surface area (Å²) >= 11 is 0. The van der Waals surface area contributed by atoms with E-state index in [2.05, 4.69) is 0 Å². The molecule has 0 saturated carbocycles. The number of carbonyl (C=O) groups is 3. The van der Waals surface area contributed by atoms with E-state index in [0.717, 1.165) is 0 Å². The maximum Gasteiger partial charge on any atom is 0.326 e. The molecule has 120 valence electrons. The number of likely N-dealkylation sites (tertiary alicyclic amines) is 1. The number of amides is 1. The van der Waals surface area contributed by atoms with Gasteiger partial charge in [0.2, 0.25) is 5.91 Å². The van der Waals surface area contributed by atoms with Crippen LogP contribution in [0.15, 0.2) is 0 Å². The van der Waals surface area contributed by atoms with Crippen LogP contribution in [0.4, 0.5) is 0 Å². The normalized spacial score (nSPS) is 25.0. The van der Waals surface area contributed by atoms with Gasteiger partial charge < -0.3 is 19.8 Å². The maximum atomic E-state index is 12.0. The predicted molar refractivity (Wildman–Crippen MR) is 73.3 cm³/mol. The van der Waals surface area contributed by atoms with Crippen molar-refractivity contribution in [2.24, 2.45) is 11.8 Å². The summed E-state index contributed by atoms with van der Waals surface area (Å²) in [5, 5.41) is 18.7. The molecule has 21 heavy (non-hydrogen) atoms. The van der Waals surface area contributed by atoms with E-state index in [1.54, 1.807) is 20.8 Å². The first-order valence-corrected chi connectivity index (χ1v) is 6.89. The summed E-state index contributed by atoms with van der Waals surface area (Å²) in [5.74, 6) is -3.76. The van der Waals surface area contributed by atoms with Crippen LogP contribution in [0.3, 0.4) is 0 Å². The largest absolute Gasteiger partial charge is 0.481 e. The molecule has 0 radical (unpaired) electrons. The van der Waals surface area contributed by atoms with E-state index in [4.69, 9.17) is 9.84 Å². The van der Waals surface area contributed by atoms with Crippen LogP contribution in [0.5, 0.6) is 0 Å². The summed E-state index contributed by atoms with van der Waals surface area (Å²) in [6.45, 7) is 7.71. The van der Waals surface area contributed by atoms with E-state index in [0.29, 0.717) is 0 Å². The third-order valence-electron chi connectivity index (χ3n) is 3.44. The fraction of sp³-hybridized carbons (Fsp3) is 0.786. The molecule has 0 spiro atoms. The topological polar surface area (TPSA) is 104 Å². The van der Waals surface area contributed by atoms with E-state index >= 15 is 0 Å². The average Bonchev–Trinajstić information content (AvgIpc) is 2.28. The van der Waals surface area contributed by atoms with E-state index in [-0.39, 0.29) is 6.54 Å². The van der Waals surface area contributed by atoms with Crippen molar-refractivity contribution < 1.29 is 29.3 Å². The number of hydrogen-bond donors (Lipinski definition) is 2. The number of aliphatic hydroxyl groups excluding tert-OH is 1. The van der Waals surface area contributed by atoms with Gasteiger partial charge in [0.05, 0.1) is 24.0 Å². The molecule has 1 heterocycles. The lowest BCUT2D eigenvalue weighted by Gasteiger charge is -2.49. The lowest BCUT2D eigenvalue weighted by atomic mass is 9.76. The number of esters is 1. The van der Waals surface area contributed by atoms with Crippen LogP contribution in [-0.2, 0) is 19.1 Å². The number of nitrogens with zero attached hydrogens (tertiary/aromatic N) is 1. The third kappa shape index (κ3) is 3.93. The van der Waals surface area contributed by atoms with Gasteiger partial charge in [-0.1, -0.05) is 0 Å². The molecular weight excluding hydrogens is 278 g/mol. The Bertz CT molecular complexity index is 439. The molecule has 0 aromatic carbocycles. The monoisotopic (exact) mass is 301 g/mol. The van der Waals surface area contributed by atoms with Gasteiger partial charge in [-0.3, -0.25) is 14.4 Å². The first-order valence-electron chi connectivity index (χ1n) is 6.89. The number of carboxylic acids is 1. The second kappa shape index (κ2) is 6.01.